The predicted octanol–water partition coefficient (Wildman–Crippen LogP) is 4.95. The highest BCUT2D eigenvalue weighted by Gasteiger charge is 2.15. The molecular weight excluding hydrogens is 341 g/mol. The van der Waals surface area contributed by atoms with Gasteiger partial charge in [0.25, 0.3) is 10.0 Å². The molecule has 1 N–H and O–H groups in total. The molecule has 0 bridgehead atoms. The van der Waals surface area contributed by atoms with Crippen LogP contribution in [0, 0.1) is 0 Å². The van der Waals surface area contributed by atoms with Gasteiger partial charge >= 0.3 is 0 Å². The SMILES string of the molecule is O=S(=O)(Nc1ccc(Cl)cc1)c1ccc2c(Cl)cccc2c1. The molecule has 0 fully saturated rings. The first-order chi connectivity index (χ1) is 10.5. The molecule has 0 radical (unpaired) electrons. The largest absolute Gasteiger partial charge is 0.280 e. The van der Waals surface area contributed by atoms with Gasteiger partial charge in [-0.25, -0.2) is 8.42 Å². The van der Waals surface area contributed by atoms with E-state index in [1.54, 1.807) is 48.5 Å². The van der Waals surface area contributed by atoms with Crippen LogP contribution in [-0.4, -0.2) is 8.42 Å². The Balaban J connectivity index is 2.00. The highest BCUT2D eigenvalue weighted by molar-refractivity contribution is 7.92. The second kappa shape index (κ2) is 5.80. The number of benzene rings is 3. The average molecular weight is 352 g/mol. The summed E-state index contributed by atoms with van der Waals surface area (Å²) in [4.78, 5) is 0.178. The lowest BCUT2D eigenvalue weighted by Crippen LogP contribution is -2.12. The second-order valence-electron chi connectivity index (χ2n) is 4.74. The Bertz CT molecular complexity index is 938. The Labute approximate surface area is 138 Å². The normalized spacial score (nSPS) is 11.5. The quantitative estimate of drug-likeness (QED) is 0.725. The van der Waals surface area contributed by atoms with E-state index in [1.165, 1.54) is 6.07 Å². The molecule has 0 heterocycles. The summed E-state index contributed by atoms with van der Waals surface area (Å²) >= 11 is 11.9. The van der Waals surface area contributed by atoms with Gasteiger partial charge in [0.15, 0.2) is 0 Å². The van der Waals surface area contributed by atoms with Crippen LogP contribution < -0.4 is 4.72 Å². The van der Waals surface area contributed by atoms with E-state index in [0.717, 1.165) is 10.8 Å². The predicted molar refractivity (Wildman–Crippen MR) is 91.2 cm³/mol. The van der Waals surface area contributed by atoms with Crippen molar-refractivity contribution in [1.29, 1.82) is 0 Å². The van der Waals surface area contributed by atoms with Gasteiger partial charge in [0.05, 0.1) is 4.90 Å². The molecule has 0 aromatic heterocycles. The third kappa shape index (κ3) is 3.04. The molecule has 0 aliphatic carbocycles. The van der Waals surface area contributed by atoms with Crippen LogP contribution in [0.15, 0.2) is 65.6 Å². The average Bonchev–Trinajstić information content (AvgIpc) is 2.49. The van der Waals surface area contributed by atoms with E-state index in [9.17, 15) is 8.42 Å². The molecule has 6 heteroatoms. The zero-order valence-corrected chi connectivity index (χ0v) is 13.6. The summed E-state index contributed by atoms with van der Waals surface area (Å²) in [6.45, 7) is 0. The van der Waals surface area contributed by atoms with Crippen molar-refractivity contribution in [3.8, 4) is 0 Å². The van der Waals surface area contributed by atoms with Gasteiger partial charge in [-0.05, 0) is 47.9 Å². The third-order valence-electron chi connectivity index (χ3n) is 3.21. The van der Waals surface area contributed by atoms with Crippen molar-refractivity contribution in [2.75, 3.05) is 4.72 Å². The maximum atomic E-state index is 12.4. The van der Waals surface area contributed by atoms with E-state index in [4.69, 9.17) is 23.2 Å². The van der Waals surface area contributed by atoms with Crippen LogP contribution in [-0.2, 0) is 10.0 Å². The fraction of sp³-hybridized carbons (Fsp3) is 0. The van der Waals surface area contributed by atoms with Gasteiger partial charge in [0, 0.05) is 21.1 Å². The summed E-state index contributed by atoms with van der Waals surface area (Å²) < 4.78 is 27.4. The molecule has 3 nitrogen and oxygen atoms in total. The smallest absolute Gasteiger partial charge is 0.261 e. The number of halogens is 2. The number of hydrogen-bond acceptors (Lipinski definition) is 2. The first kappa shape index (κ1) is 15.2. The number of fused-ring (bicyclic) bond motifs is 1. The van der Waals surface area contributed by atoms with E-state index in [-0.39, 0.29) is 4.90 Å². The lowest BCUT2D eigenvalue weighted by Gasteiger charge is -2.09. The summed E-state index contributed by atoms with van der Waals surface area (Å²) in [7, 11) is -3.67. The maximum Gasteiger partial charge on any atom is 0.261 e. The van der Waals surface area contributed by atoms with Crippen LogP contribution in [0.3, 0.4) is 0 Å². The van der Waals surface area contributed by atoms with Gasteiger partial charge in [-0.15, -0.1) is 0 Å². The van der Waals surface area contributed by atoms with Crippen molar-refractivity contribution in [2.24, 2.45) is 0 Å². The third-order valence-corrected chi connectivity index (χ3v) is 5.17. The molecule has 0 atom stereocenters. The van der Waals surface area contributed by atoms with Gasteiger partial charge in [-0.2, -0.15) is 0 Å². The zero-order chi connectivity index (χ0) is 15.7. The van der Waals surface area contributed by atoms with E-state index in [0.29, 0.717) is 15.7 Å². The number of nitrogens with one attached hydrogen (secondary N) is 1. The van der Waals surface area contributed by atoms with Crippen molar-refractivity contribution < 1.29 is 8.42 Å². The van der Waals surface area contributed by atoms with Crippen LogP contribution in [0.25, 0.3) is 10.8 Å². The lowest BCUT2D eigenvalue weighted by atomic mass is 10.1. The van der Waals surface area contributed by atoms with Gasteiger partial charge in [0.1, 0.15) is 0 Å². The number of hydrogen-bond donors (Lipinski definition) is 1. The number of rotatable bonds is 3. The van der Waals surface area contributed by atoms with Crippen molar-refractivity contribution in [3.63, 3.8) is 0 Å². The number of anilines is 1. The summed E-state index contributed by atoms with van der Waals surface area (Å²) in [5, 5.41) is 2.72. The molecule has 3 aromatic rings. The first-order valence-electron chi connectivity index (χ1n) is 6.42. The van der Waals surface area contributed by atoms with Crippen molar-refractivity contribution in [2.45, 2.75) is 4.90 Å². The van der Waals surface area contributed by atoms with E-state index < -0.39 is 10.0 Å². The Morgan fingerprint density at radius 1 is 0.864 bits per heavy atom. The zero-order valence-electron chi connectivity index (χ0n) is 11.3. The van der Waals surface area contributed by atoms with Gasteiger partial charge in [0.2, 0.25) is 0 Å². The highest BCUT2D eigenvalue weighted by Crippen LogP contribution is 2.26. The molecule has 0 spiro atoms. The fourth-order valence-corrected chi connectivity index (χ4v) is 3.59. The maximum absolute atomic E-state index is 12.4. The fourth-order valence-electron chi connectivity index (χ4n) is 2.12. The molecular formula is C16H11Cl2NO2S. The Hall–Kier alpha value is -1.75. The Kier molecular flexibility index (Phi) is 4.00. The summed E-state index contributed by atoms with van der Waals surface area (Å²) in [5.74, 6) is 0. The van der Waals surface area contributed by atoms with Gasteiger partial charge < -0.3 is 0 Å². The van der Waals surface area contributed by atoms with Gasteiger partial charge in [-0.1, -0.05) is 41.4 Å². The highest BCUT2D eigenvalue weighted by atomic mass is 35.5. The second-order valence-corrected chi connectivity index (χ2v) is 7.26. The summed E-state index contributed by atoms with van der Waals surface area (Å²) in [6.07, 6.45) is 0. The summed E-state index contributed by atoms with van der Waals surface area (Å²) in [5.41, 5.74) is 0.454. The minimum Gasteiger partial charge on any atom is -0.280 e. The lowest BCUT2D eigenvalue weighted by molar-refractivity contribution is 0.601. The molecule has 0 aliphatic heterocycles. The molecule has 0 amide bonds. The topological polar surface area (TPSA) is 46.2 Å². The molecule has 0 saturated heterocycles. The Morgan fingerprint density at radius 3 is 2.32 bits per heavy atom. The Morgan fingerprint density at radius 2 is 1.59 bits per heavy atom. The van der Waals surface area contributed by atoms with Gasteiger partial charge in [-0.3, -0.25) is 4.72 Å². The number of sulfonamides is 1. The van der Waals surface area contributed by atoms with E-state index in [1.807, 2.05) is 6.07 Å². The van der Waals surface area contributed by atoms with Crippen LogP contribution in [0.5, 0.6) is 0 Å². The van der Waals surface area contributed by atoms with Crippen LogP contribution in [0.2, 0.25) is 10.0 Å². The van der Waals surface area contributed by atoms with E-state index in [2.05, 4.69) is 4.72 Å². The molecule has 0 aliphatic rings. The van der Waals surface area contributed by atoms with Crippen molar-refractivity contribution >= 4 is 49.7 Å². The molecule has 0 saturated carbocycles. The molecule has 0 unspecified atom stereocenters. The monoisotopic (exact) mass is 351 g/mol. The minimum atomic E-state index is -3.67. The minimum absolute atomic E-state index is 0.178. The first-order valence-corrected chi connectivity index (χ1v) is 8.66. The molecule has 22 heavy (non-hydrogen) atoms. The van der Waals surface area contributed by atoms with Crippen LogP contribution in [0.4, 0.5) is 5.69 Å². The molecule has 3 aromatic carbocycles. The van der Waals surface area contributed by atoms with E-state index >= 15 is 0 Å². The molecule has 3 rings (SSSR count). The standard InChI is InChI=1S/C16H11Cl2NO2S/c17-12-4-6-13(7-5-12)19-22(20,21)14-8-9-15-11(10-14)2-1-3-16(15)18/h1-10,19H. The summed E-state index contributed by atoms with van der Waals surface area (Å²) in [6, 6.07) is 16.7. The van der Waals surface area contributed by atoms with Crippen LogP contribution >= 0.6 is 23.2 Å². The van der Waals surface area contributed by atoms with Crippen molar-refractivity contribution in [3.05, 3.63) is 70.7 Å². The van der Waals surface area contributed by atoms with Crippen molar-refractivity contribution in [1.82, 2.24) is 0 Å². The van der Waals surface area contributed by atoms with Crippen LogP contribution in [0.1, 0.15) is 0 Å². The molecule has 112 valence electrons.